The summed E-state index contributed by atoms with van der Waals surface area (Å²) in [5.41, 5.74) is 2.21. The van der Waals surface area contributed by atoms with Gasteiger partial charge in [0.15, 0.2) is 0 Å². The van der Waals surface area contributed by atoms with Crippen molar-refractivity contribution in [3.8, 4) is 5.75 Å². The van der Waals surface area contributed by atoms with Crippen LogP contribution in [0, 0.1) is 6.92 Å². The Hall–Kier alpha value is -4.13. The average Bonchev–Trinajstić information content (AvgIpc) is 2.83. The molecule has 0 fully saturated rings. The molecule has 0 spiro atoms. The molecule has 0 aliphatic rings. The number of carbonyl (C=O) groups excluding carboxylic acids is 3. The second-order valence-electron chi connectivity index (χ2n) is 6.97. The Morgan fingerprint density at radius 3 is 2.19 bits per heavy atom. The number of aryl methyl sites for hydroxylation is 1. The zero-order valence-corrected chi connectivity index (χ0v) is 17.8. The van der Waals surface area contributed by atoms with Gasteiger partial charge in [-0.15, -0.1) is 0 Å². The number of benzene rings is 3. The first-order valence-corrected chi connectivity index (χ1v) is 10.0. The molecule has 1 unspecified atom stereocenters. The molecule has 32 heavy (non-hydrogen) atoms. The van der Waals surface area contributed by atoms with Crippen molar-refractivity contribution in [2.75, 3.05) is 19.0 Å². The molecule has 7 heteroatoms. The smallest absolute Gasteiger partial charge is 0.326 e. The van der Waals surface area contributed by atoms with Crippen molar-refractivity contribution in [3.05, 3.63) is 95.6 Å². The standard InChI is InChI=1S/C25H24N2O5/c1-17-10-9-15-20(31-2)22(17)27-25(30)23(18-11-5-3-6-12-18)32-21(28)16-26-24(29)19-13-7-4-8-14-19/h3-15,23H,16H2,1-2H3,(H,26,29)(H,27,30). The molecule has 0 aromatic heterocycles. The Morgan fingerprint density at radius 1 is 0.875 bits per heavy atom. The molecule has 0 aliphatic heterocycles. The number of anilines is 1. The van der Waals surface area contributed by atoms with Crippen LogP contribution in [0.2, 0.25) is 0 Å². The molecule has 164 valence electrons. The lowest BCUT2D eigenvalue weighted by atomic mass is 10.1. The summed E-state index contributed by atoms with van der Waals surface area (Å²) in [6.45, 7) is 1.46. The van der Waals surface area contributed by atoms with E-state index in [-0.39, 0.29) is 6.54 Å². The summed E-state index contributed by atoms with van der Waals surface area (Å²) in [5, 5.41) is 5.30. The summed E-state index contributed by atoms with van der Waals surface area (Å²) in [6.07, 6.45) is -1.21. The molecule has 1 atom stereocenters. The molecule has 0 saturated heterocycles. The zero-order valence-electron chi connectivity index (χ0n) is 17.8. The topological polar surface area (TPSA) is 93.7 Å². The molecule has 3 rings (SSSR count). The number of para-hydroxylation sites is 1. The fraction of sp³-hybridized carbons (Fsp3) is 0.160. The van der Waals surface area contributed by atoms with Crippen LogP contribution in [0.25, 0.3) is 0 Å². The van der Waals surface area contributed by atoms with Gasteiger partial charge in [0, 0.05) is 11.1 Å². The molecule has 0 radical (unpaired) electrons. The van der Waals surface area contributed by atoms with E-state index >= 15 is 0 Å². The Bertz CT molecular complexity index is 1080. The van der Waals surface area contributed by atoms with Crippen molar-refractivity contribution in [2.24, 2.45) is 0 Å². The number of rotatable bonds is 8. The van der Waals surface area contributed by atoms with E-state index in [4.69, 9.17) is 9.47 Å². The van der Waals surface area contributed by atoms with Crippen LogP contribution in [0.5, 0.6) is 5.75 Å². The molecule has 2 N–H and O–H groups in total. The van der Waals surface area contributed by atoms with E-state index in [1.165, 1.54) is 7.11 Å². The van der Waals surface area contributed by atoms with Crippen LogP contribution >= 0.6 is 0 Å². The van der Waals surface area contributed by atoms with Gasteiger partial charge in [-0.25, -0.2) is 0 Å². The zero-order chi connectivity index (χ0) is 22.9. The van der Waals surface area contributed by atoms with E-state index in [1.807, 2.05) is 19.1 Å². The van der Waals surface area contributed by atoms with Gasteiger partial charge in [0.1, 0.15) is 12.3 Å². The van der Waals surface area contributed by atoms with E-state index in [0.717, 1.165) is 5.56 Å². The molecular weight excluding hydrogens is 408 g/mol. The second-order valence-corrected chi connectivity index (χ2v) is 6.97. The van der Waals surface area contributed by atoms with Crippen molar-refractivity contribution >= 4 is 23.5 Å². The highest BCUT2D eigenvalue weighted by atomic mass is 16.5. The molecular formula is C25H24N2O5. The van der Waals surface area contributed by atoms with Gasteiger partial charge in [0.2, 0.25) is 6.10 Å². The minimum Gasteiger partial charge on any atom is -0.495 e. The molecule has 3 aromatic carbocycles. The third-order valence-electron chi connectivity index (χ3n) is 4.72. The predicted octanol–water partition coefficient (Wildman–Crippen LogP) is 3.66. The Balaban J connectivity index is 1.73. The number of nitrogens with one attached hydrogen (secondary N) is 2. The summed E-state index contributed by atoms with van der Waals surface area (Å²) in [7, 11) is 1.51. The molecule has 7 nitrogen and oxygen atoms in total. The van der Waals surface area contributed by atoms with E-state index in [9.17, 15) is 14.4 Å². The summed E-state index contributed by atoms with van der Waals surface area (Å²) in [5.74, 6) is -1.19. The maximum absolute atomic E-state index is 13.1. The normalized spacial score (nSPS) is 11.2. The van der Waals surface area contributed by atoms with Gasteiger partial charge in [-0.3, -0.25) is 14.4 Å². The third-order valence-corrected chi connectivity index (χ3v) is 4.72. The molecule has 0 saturated carbocycles. The van der Waals surface area contributed by atoms with Gasteiger partial charge >= 0.3 is 5.97 Å². The number of hydrogen-bond donors (Lipinski definition) is 2. The molecule has 0 bridgehead atoms. The third kappa shape index (κ3) is 5.72. The Labute approximate surface area is 186 Å². The fourth-order valence-corrected chi connectivity index (χ4v) is 3.08. The molecule has 2 amide bonds. The Kier molecular flexibility index (Phi) is 7.59. The van der Waals surface area contributed by atoms with Gasteiger partial charge in [0.05, 0.1) is 12.8 Å². The quantitative estimate of drug-likeness (QED) is 0.530. The number of carbonyl (C=O) groups is 3. The minimum absolute atomic E-state index is 0.377. The highest BCUT2D eigenvalue weighted by Gasteiger charge is 2.26. The molecule has 0 aliphatic carbocycles. The van der Waals surface area contributed by atoms with Crippen molar-refractivity contribution in [3.63, 3.8) is 0 Å². The van der Waals surface area contributed by atoms with Crippen molar-refractivity contribution in [1.29, 1.82) is 0 Å². The SMILES string of the molecule is COc1cccc(C)c1NC(=O)C(OC(=O)CNC(=O)c1ccccc1)c1ccccc1. The van der Waals surface area contributed by atoms with E-state index in [0.29, 0.717) is 22.6 Å². The lowest BCUT2D eigenvalue weighted by molar-refractivity contribution is -0.153. The maximum atomic E-state index is 13.1. The van der Waals surface area contributed by atoms with Gasteiger partial charge in [0.25, 0.3) is 11.8 Å². The first kappa shape index (κ1) is 22.6. The molecule has 3 aromatic rings. The Morgan fingerprint density at radius 2 is 1.53 bits per heavy atom. The van der Waals surface area contributed by atoms with Crippen LogP contribution in [0.3, 0.4) is 0 Å². The monoisotopic (exact) mass is 432 g/mol. The van der Waals surface area contributed by atoms with Crippen LogP contribution in [0.15, 0.2) is 78.9 Å². The second kappa shape index (κ2) is 10.8. The first-order chi connectivity index (χ1) is 15.5. The van der Waals surface area contributed by atoms with Crippen LogP contribution in [0.4, 0.5) is 5.69 Å². The van der Waals surface area contributed by atoms with Crippen LogP contribution in [-0.4, -0.2) is 31.4 Å². The van der Waals surface area contributed by atoms with Gasteiger partial charge in [-0.2, -0.15) is 0 Å². The van der Waals surface area contributed by atoms with Crippen LogP contribution in [-0.2, 0) is 14.3 Å². The lowest BCUT2D eigenvalue weighted by Gasteiger charge is -2.20. The lowest BCUT2D eigenvalue weighted by Crippen LogP contribution is -2.33. The van der Waals surface area contributed by atoms with Crippen LogP contribution < -0.4 is 15.4 Å². The number of methoxy groups -OCH3 is 1. The number of esters is 1. The average molecular weight is 432 g/mol. The van der Waals surface area contributed by atoms with E-state index < -0.39 is 23.9 Å². The van der Waals surface area contributed by atoms with Gasteiger partial charge < -0.3 is 20.1 Å². The predicted molar refractivity (Wildman–Crippen MR) is 120 cm³/mol. The van der Waals surface area contributed by atoms with Crippen LogP contribution in [0.1, 0.15) is 27.6 Å². The van der Waals surface area contributed by atoms with Crippen molar-refractivity contribution < 1.29 is 23.9 Å². The highest BCUT2D eigenvalue weighted by molar-refractivity contribution is 5.99. The minimum atomic E-state index is -1.21. The van der Waals surface area contributed by atoms with Gasteiger partial charge in [-0.1, -0.05) is 60.7 Å². The number of hydrogen-bond acceptors (Lipinski definition) is 5. The molecule has 0 heterocycles. The van der Waals surface area contributed by atoms with Crippen molar-refractivity contribution in [2.45, 2.75) is 13.0 Å². The summed E-state index contributed by atoms with van der Waals surface area (Å²) < 4.78 is 10.8. The van der Waals surface area contributed by atoms with E-state index in [1.54, 1.807) is 66.7 Å². The first-order valence-electron chi connectivity index (χ1n) is 10.0. The summed E-state index contributed by atoms with van der Waals surface area (Å²) >= 11 is 0. The van der Waals surface area contributed by atoms with Crippen molar-refractivity contribution in [1.82, 2.24) is 5.32 Å². The summed E-state index contributed by atoms with van der Waals surface area (Å²) in [4.78, 5) is 37.7. The highest BCUT2D eigenvalue weighted by Crippen LogP contribution is 2.29. The largest absolute Gasteiger partial charge is 0.495 e. The fourth-order valence-electron chi connectivity index (χ4n) is 3.08. The number of amides is 2. The number of ether oxygens (including phenoxy) is 2. The van der Waals surface area contributed by atoms with Gasteiger partial charge in [-0.05, 0) is 30.7 Å². The summed E-state index contributed by atoms with van der Waals surface area (Å²) in [6, 6.07) is 22.6. The van der Waals surface area contributed by atoms with E-state index in [2.05, 4.69) is 10.6 Å². The maximum Gasteiger partial charge on any atom is 0.326 e.